The van der Waals surface area contributed by atoms with E-state index in [1.807, 2.05) is 12.3 Å². The molecule has 0 saturated heterocycles. The van der Waals surface area contributed by atoms with Gasteiger partial charge in [-0.15, -0.1) is 0 Å². The average molecular weight is 587 g/mol. The van der Waals surface area contributed by atoms with Crippen LogP contribution in [0.15, 0.2) is 54.6 Å². The van der Waals surface area contributed by atoms with Crippen molar-refractivity contribution in [2.24, 2.45) is 11.5 Å². The van der Waals surface area contributed by atoms with Crippen LogP contribution in [0.4, 0.5) is 0 Å². The van der Waals surface area contributed by atoms with Gasteiger partial charge in [-0.1, -0.05) is 42.5 Å². The highest BCUT2D eigenvalue weighted by Crippen LogP contribution is 2.11. The van der Waals surface area contributed by atoms with E-state index < -0.39 is 60.2 Å². The number of amides is 5. The van der Waals surface area contributed by atoms with Gasteiger partial charge in [-0.2, -0.15) is 11.8 Å². The fraction of sp³-hybridized carbons (Fsp3) is 0.393. The van der Waals surface area contributed by atoms with Crippen LogP contribution >= 0.6 is 11.8 Å². The molecule has 0 heterocycles. The van der Waals surface area contributed by atoms with E-state index in [1.54, 1.807) is 36.4 Å². The minimum Gasteiger partial charge on any atom is -0.508 e. The number of rotatable bonds is 16. The highest BCUT2D eigenvalue weighted by Gasteiger charge is 2.26. The maximum Gasteiger partial charge on any atom is 0.243 e. The summed E-state index contributed by atoms with van der Waals surface area (Å²) in [5.74, 6) is -2.39. The smallest absolute Gasteiger partial charge is 0.243 e. The van der Waals surface area contributed by atoms with E-state index in [0.717, 1.165) is 11.1 Å². The summed E-state index contributed by atoms with van der Waals surface area (Å²) in [5, 5.41) is 19.5. The van der Waals surface area contributed by atoms with Crippen molar-refractivity contribution >= 4 is 41.3 Å². The monoisotopic (exact) mass is 586 g/mol. The molecule has 0 aliphatic carbocycles. The number of benzene rings is 2. The van der Waals surface area contributed by atoms with Gasteiger partial charge in [-0.25, -0.2) is 0 Å². The van der Waals surface area contributed by atoms with E-state index in [4.69, 9.17) is 11.5 Å². The topological polar surface area (TPSA) is 206 Å². The van der Waals surface area contributed by atoms with E-state index in [1.165, 1.54) is 30.8 Å². The summed E-state index contributed by atoms with van der Waals surface area (Å²) in [6.45, 7) is 0.992. The van der Waals surface area contributed by atoms with E-state index in [-0.39, 0.29) is 18.6 Å². The molecule has 0 radical (unpaired) electrons. The summed E-state index contributed by atoms with van der Waals surface area (Å²) in [5.41, 5.74) is 12.9. The molecule has 12 nitrogen and oxygen atoms in total. The van der Waals surface area contributed by atoms with Gasteiger partial charge in [0.2, 0.25) is 29.5 Å². The van der Waals surface area contributed by atoms with Crippen molar-refractivity contribution < 1.29 is 29.1 Å². The van der Waals surface area contributed by atoms with Gasteiger partial charge >= 0.3 is 0 Å². The minimum absolute atomic E-state index is 0.0918. The third-order valence-corrected chi connectivity index (χ3v) is 6.75. The van der Waals surface area contributed by atoms with Gasteiger partial charge in [-0.3, -0.25) is 24.0 Å². The second kappa shape index (κ2) is 16.9. The van der Waals surface area contributed by atoms with Crippen molar-refractivity contribution in [3.8, 4) is 5.75 Å². The molecule has 0 aliphatic heterocycles. The molecule has 0 saturated carbocycles. The first kappa shape index (κ1) is 33.1. The summed E-state index contributed by atoms with van der Waals surface area (Å²) >= 11 is 1.50. The second-order valence-electron chi connectivity index (χ2n) is 9.48. The molecular weight excluding hydrogens is 548 g/mol. The Bertz CT molecular complexity index is 1180. The van der Waals surface area contributed by atoms with Gasteiger partial charge in [0, 0.05) is 6.42 Å². The third kappa shape index (κ3) is 11.9. The number of phenols is 1. The molecule has 9 N–H and O–H groups in total. The normalized spacial score (nSPS) is 13.6. The van der Waals surface area contributed by atoms with Crippen LogP contribution in [0.25, 0.3) is 0 Å². The van der Waals surface area contributed by atoms with Crippen LogP contribution in [0, 0.1) is 0 Å². The Balaban J connectivity index is 1.93. The second-order valence-corrected chi connectivity index (χ2v) is 10.5. The van der Waals surface area contributed by atoms with Crippen molar-refractivity contribution in [1.29, 1.82) is 0 Å². The lowest BCUT2D eigenvalue weighted by molar-refractivity contribution is -0.132. The Labute approximate surface area is 243 Å². The number of aromatic hydroxyl groups is 1. The molecule has 41 heavy (non-hydrogen) atoms. The van der Waals surface area contributed by atoms with Gasteiger partial charge in [0.1, 0.15) is 23.9 Å². The number of hydrogen-bond donors (Lipinski definition) is 7. The fourth-order valence-electron chi connectivity index (χ4n) is 3.78. The fourth-order valence-corrected chi connectivity index (χ4v) is 4.25. The number of primary amides is 1. The number of carbonyl (C=O) groups is 5. The Morgan fingerprint density at radius 2 is 1.46 bits per heavy atom. The Morgan fingerprint density at radius 1 is 0.829 bits per heavy atom. The Kier molecular flexibility index (Phi) is 13.6. The van der Waals surface area contributed by atoms with E-state index in [2.05, 4.69) is 21.3 Å². The van der Waals surface area contributed by atoms with Gasteiger partial charge in [0.15, 0.2) is 0 Å². The zero-order chi connectivity index (χ0) is 30.4. The quantitative estimate of drug-likeness (QED) is 0.134. The van der Waals surface area contributed by atoms with Crippen molar-refractivity contribution in [3.05, 3.63) is 65.7 Å². The van der Waals surface area contributed by atoms with Crippen molar-refractivity contribution in [3.63, 3.8) is 0 Å². The van der Waals surface area contributed by atoms with Crippen LogP contribution in [0.2, 0.25) is 0 Å². The predicted molar refractivity (Wildman–Crippen MR) is 157 cm³/mol. The molecule has 2 aromatic rings. The molecule has 0 fully saturated rings. The van der Waals surface area contributed by atoms with Crippen LogP contribution in [0.1, 0.15) is 24.5 Å². The largest absolute Gasteiger partial charge is 0.508 e. The number of nitrogens with one attached hydrogen (secondary N) is 4. The molecule has 13 heteroatoms. The number of phenolic OH excluding ortho intramolecular Hbond substituents is 1. The van der Waals surface area contributed by atoms with E-state index in [0.29, 0.717) is 12.2 Å². The number of nitrogens with two attached hydrogens (primary N) is 2. The van der Waals surface area contributed by atoms with Crippen LogP contribution < -0.4 is 32.7 Å². The van der Waals surface area contributed by atoms with Crippen molar-refractivity contribution in [2.45, 2.75) is 50.4 Å². The van der Waals surface area contributed by atoms with Crippen molar-refractivity contribution in [1.82, 2.24) is 21.3 Å². The molecule has 0 bridgehead atoms. The molecule has 4 atom stereocenters. The highest BCUT2D eigenvalue weighted by molar-refractivity contribution is 7.98. The van der Waals surface area contributed by atoms with Gasteiger partial charge < -0.3 is 37.8 Å². The number of carbonyl (C=O) groups excluding carboxylic acids is 5. The molecule has 222 valence electrons. The number of thioether (sulfide) groups is 1. The number of hydrogen-bond acceptors (Lipinski definition) is 8. The van der Waals surface area contributed by atoms with Crippen LogP contribution in [-0.2, 0) is 36.8 Å². The van der Waals surface area contributed by atoms with Crippen LogP contribution in [0.3, 0.4) is 0 Å². The zero-order valence-corrected chi connectivity index (χ0v) is 23.9. The maximum absolute atomic E-state index is 13.0. The summed E-state index contributed by atoms with van der Waals surface area (Å²) in [6, 6.07) is 11.4. The van der Waals surface area contributed by atoms with Crippen molar-refractivity contribution in [2.75, 3.05) is 18.6 Å². The molecule has 0 spiro atoms. The third-order valence-electron chi connectivity index (χ3n) is 6.11. The zero-order valence-electron chi connectivity index (χ0n) is 23.1. The highest BCUT2D eigenvalue weighted by atomic mass is 32.2. The average Bonchev–Trinajstić information content (AvgIpc) is 2.94. The van der Waals surface area contributed by atoms with Gasteiger partial charge in [-0.05, 0) is 55.0 Å². The molecule has 0 aromatic heterocycles. The maximum atomic E-state index is 13.0. The first-order chi connectivity index (χ1) is 19.5. The summed E-state index contributed by atoms with van der Waals surface area (Å²) in [6.07, 6.45) is 2.55. The minimum atomic E-state index is -1.03. The standard InChI is InChI=1S/C28H38N6O6S/c1-17(32-27(39)21(29)14-19-8-10-20(35)11-9-19)26(38)31-16-24(36)33-23(15-18-6-4-3-5-7-18)28(40)34-22(25(30)37)12-13-41-2/h3-11,17,21-23,35H,12-16,29H2,1-2H3,(H2,30,37)(H,31,38)(H,32,39)(H,33,36)(H,34,40)/t17-,21-,22-,23-/m0/s1. The molecule has 0 aliphatic rings. The molecule has 2 rings (SSSR count). The van der Waals surface area contributed by atoms with Crippen LogP contribution in [-0.4, -0.2) is 77.4 Å². The lowest BCUT2D eigenvalue weighted by Gasteiger charge is -2.22. The summed E-state index contributed by atoms with van der Waals surface area (Å²) in [7, 11) is 0. The summed E-state index contributed by atoms with van der Waals surface area (Å²) in [4.78, 5) is 62.5. The first-order valence-corrected chi connectivity index (χ1v) is 14.4. The molecule has 2 aromatic carbocycles. The van der Waals surface area contributed by atoms with Gasteiger partial charge in [0.05, 0.1) is 12.6 Å². The summed E-state index contributed by atoms with van der Waals surface area (Å²) < 4.78 is 0. The van der Waals surface area contributed by atoms with Crippen LogP contribution in [0.5, 0.6) is 5.75 Å². The lowest BCUT2D eigenvalue weighted by Crippen LogP contribution is -2.56. The first-order valence-electron chi connectivity index (χ1n) is 13.0. The SMILES string of the molecule is CSCC[C@H](NC(=O)[C@H](Cc1ccccc1)NC(=O)CNC(=O)[C@H](C)NC(=O)[C@@H](N)Cc1ccc(O)cc1)C(N)=O. The molecule has 0 unspecified atom stereocenters. The molecular formula is C28H38N6O6S. The van der Waals surface area contributed by atoms with E-state index >= 15 is 0 Å². The Hall–Kier alpha value is -4.10. The molecule has 5 amide bonds. The van der Waals surface area contributed by atoms with E-state index in [9.17, 15) is 29.1 Å². The van der Waals surface area contributed by atoms with Gasteiger partial charge in [0.25, 0.3) is 0 Å². The Morgan fingerprint density at radius 3 is 2.07 bits per heavy atom. The lowest BCUT2D eigenvalue weighted by atomic mass is 10.0. The predicted octanol–water partition coefficient (Wildman–Crippen LogP) is -0.666.